The van der Waals surface area contributed by atoms with Crippen LogP contribution in [0.3, 0.4) is 0 Å². The van der Waals surface area contributed by atoms with E-state index < -0.39 is 0 Å². The Bertz CT molecular complexity index is 658. The summed E-state index contributed by atoms with van der Waals surface area (Å²) in [6, 6.07) is 0. The van der Waals surface area contributed by atoms with Crippen LogP contribution in [0.25, 0.3) is 0 Å². The van der Waals surface area contributed by atoms with E-state index in [0.29, 0.717) is 18.3 Å². The lowest BCUT2D eigenvalue weighted by Crippen LogP contribution is -2.14. The predicted molar refractivity (Wildman–Crippen MR) is 81.8 cm³/mol. The van der Waals surface area contributed by atoms with Gasteiger partial charge in [0.1, 0.15) is 17.5 Å². The SMILES string of the molecule is Cc1nn(C)cc1CNc1nc(C2CC2)nc(NN)c1C. The van der Waals surface area contributed by atoms with Crippen molar-refractivity contribution < 1.29 is 0 Å². The third-order valence-electron chi connectivity index (χ3n) is 3.80. The van der Waals surface area contributed by atoms with E-state index in [1.807, 2.05) is 31.8 Å². The molecular weight excluding hydrogens is 266 g/mol. The van der Waals surface area contributed by atoms with Gasteiger partial charge in [-0.25, -0.2) is 15.8 Å². The first-order valence-electron chi connectivity index (χ1n) is 7.16. The van der Waals surface area contributed by atoms with E-state index >= 15 is 0 Å². The number of nitrogens with two attached hydrogens (primary N) is 1. The van der Waals surface area contributed by atoms with Crippen molar-refractivity contribution in [3.8, 4) is 0 Å². The van der Waals surface area contributed by atoms with Gasteiger partial charge in [-0.1, -0.05) is 0 Å². The summed E-state index contributed by atoms with van der Waals surface area (Å²) in [6.07, 6.45) is 4.34. The Kier molecular flexibility index (Phi) is 3.50. The van der Waals surface area contributed by atoms with Crippen LogP contribution in [-0.4, -0.2) is 19.7 Å². The lowest BCUT2D eigenvalue weighted by molar-refractivity contribution is 0.756. The van der Waals surface area contributed by atoms with Gasteiger partial charge in [-0.3, -0.25) is 4.68 Å². The number of anilines is 2. The Hall–Kier alpha value is -2.15. The van der Waals surface area contributed by atoms with Gasteiger partial charge in [0.2, 0.25) is 0 Å². The van der Waals surface area contributed by atoms with Crippen LogP contribution in [0.15, 0.2) is 6.20 Å². The summed E-state index contributed by atoms with van der Waals surface area (Å²) in [4.78, 5) is 9.14. The first kappa shape index (κ1) is 13.8. The van der Waals surface area contributed by atoms with Gasteiger partial charge in [0.15, 0.2) is 0 Å². The van der Waals surface area contributed by atoms with Crippen LogP contribution in [0.5, 0.6) is 0 Å². The lowest BCUT2D eigenvalue weighted by atomic mass is 10.2. The van der Waals surface area contributed by atoms with Gasteiger partial charge in [0.25, 0.3) is 0 Å². The number of nitrogens with zero attached hydrogens (tertiary/aromatic N) is 4. The van der Waals surface area contributed by atoms with E-state index in [1.165, 1.54) is 0 Å². The molecule has 21 heavy (non-hydrogen) atoms. The highest BCUT2D eigenvalue weighted by molar-refractivity contribution is 5.57. The third-order valence-corrected chi connectivity index (χ3v) is 3.80. The van der Waals surface area contributed by atoms with E-state index in [1.54, 1.807) is 0 Å². The monoisotopic (exact) mass is 287 g/mol. The van der Waals surface area contributed by atoms with Gasteiger partial charge in [-0.05, 0) is 26.7 Å². The summed E-state index contributed by atoms with van der Waals surface area (Å²) in [5.74, 6) is 8.45. The Morgan fingerprint density at radius 2 is 2.00 bits per heavy atom. The zero-order valence-electron chi connectivity index (χ0n) is 12.6. The Balaban J connectivity index is 1.83. The van der Waals surface area contributed by atoms with Crippen molar-refractivity contribution in [3.63, 3.8) is 0 Å². The average molecular weight is 287 g/mol. The van der Waals surface area contributed by atoms with Crippen molar-refractivity contribution in [3.05, 3.63) is 28.8 Å². The molecule has 0 unspecified atom stereocenters. The Morgan fingerprint density at radius 3 is 2.57 bits per heavy atom. The molecular formula is C14H21N7. The maximum Gasteiger partial charge on any atom is 0.148 e. The van der Waals surface area contributed by atoms with Crippen LogP contribution in [0.4, 0.5) is 11.6 Å². The van der Waals surface area contributed by atoms with E-state index in [0.717, 1.165) is 41.3 Å². The number of aryl methyl sites for hydroxylation is 2. The number of hydrogen-bond donors (Lipinski definition) is 3. The van der Waals surface area contributed by atoms with Crippen molar-refractivity contribution in [1.29, 1.82) is 0 Å². The van der Waals surface area contributed by atoms with Crippen LogP contribution >= 0.6 is 0 Å². The first-order chi connectivity index (χ1) is 10.1. The molecule has 2 heterocycles. The normalized spacial score (nSPS) is 14.3. The van der Waals surface area contributed by atoms with Crippen molar-refractivity contribution in [2.75, 3.05) is 10.7 Å². The second-order valence-electron chi connectivity index (χ2n) is 5.59. The molecule has 0 spiro atoms. The standard InChI is InChI=1S/C14H21N7/c1-8-12(16-6-11-7-21(3)20-9(11)2)17-14(10-4-5-10)18-13(8)19-15/h7,10H,4-6,15H2,1-3H3,(H2,16,17,18,19). The molecule has 0 aliphatic heterocycles. The third kappa shape index (κ3) is 2.82. The molecule has 1 saturated carbocycles. The topological polar surface area (TPSA) is 93.7 Å². The smallest absolute Gasteiger partial charge is 0.148 e. The fraction of sp³-hybridized carbons (Fsp3) is 0.500. The molecule has 3 rings (SSSR count). The van der Waals surface area contributed by atoms with Crippen LogP contribution in [0, 0.1) is 13.8 Å². The molecule has 2 aromatic heterocycles. The summed E-state index contributed by atoms with van der Waals surface area (Å²) in [5.41, 5.74) is 5.78. The molecule has 0 atom stereocenters. The molecule has 0 radical (unpaired) electrons. The molecule has 7 heteroatoms. The molecule has 4 N–H and O–H groups in total. The maximum absolute atomic E-state index is 5.56. The quantitative estimate of drug-likeness (QED) is 0.571. The molecule has 2 aromatic rings. The van der Waals surface area contributed by atoms with Crippen molar-refractivity contribution >= 4 is 11.6 Å². The number of hydrazine groups is 1. The van der Waals surface area contributed by atoms with Crippen LogP contribution in [0.1, 0.15) is 41.4 Å². The second kappa shape index (κ2) is 5.33. The zero-order valence-corrected chi connectivity index (χ0v) is 12.6. The minimum atomic E-state index is 0.485. The molecule has 0 saturated heterocycles. The molecule has 1 aliphatic carbocycles. The Morgan fingerprint density at radius 1 is 1.29 bits per heavy atom. The number of rotatable bonds is 5. The van der Waals surface area contributed by atoms with Gasteiger partial charge in [0, 0.05) is 36.8 Å². The molecule has 112 valence electrons. The van der Waals surface area contributed by atoms with E-state index in [-0.39, 0.29) is 0 Å². The molecule has 0 aromatic carbocycles. The van der Waals surface area contributed by atoms with E-state index in [4.69, 9.17) is 5.84 Å². The average Bonchev–Trinajstić information content (AvgIpc) is 3.24. The van der Waals surface area contributed by atoms with Gasteiger partial charge in [-0.15, -0.1) is 0 Å². The molecule has 0 bridgehead atoms. The summed E-state index contributed by atoms with van der Waals surface area (Å²) in [7, 11) is 1.92. The minimum absolute atomic E-state index is 0.485. The van der Waals surface area contributed by atoms with E-state index in [2.05, 4.69) is 25.8 Å². The van der Waals surface area contributed by atoms with Gasteiger partial charge < -0.3 is 10.7 Å². The predicted octanol–water partition coefficient (Wildman–Crippen LogP) is 1.60. The Labute approximate surface area is 123 Å². The summed E-state index contributed by atoms with van der Waals surface area (Å²) >= 11 is 0. The number of nitrogen functional groups attached to an aromatic ring is 1. The highest BCUT2D eigenvalue weighted by Crippen LogP contribution is 2.39. The summed E-state index contributed by atoms with van der Waals surface area (Å²) < 4.78 is 1.82. The van der Waals surface area contributed by atoms with Crippen molar-refractivity contribution in [1.82, 2.24) is 19.7 Å². The second-order valence-corrected chi connectivity index (χ2v) is 5.59. The van der Waals surface area contributed by atoms with Gasteiger partial charge in [-0.2, -0.15) is 5.10 Å². The fourth-order valence-corrected chi connectivity index (χ4v) is 2.37. The summed E-state index contributed by atoms with van der Waals surface area (Å²) in [5, 5.41) is 7.73. The molecule has 7 nitrogen and oxygen atoms in total. The molecule has 0 amide bonds. The fourth-order valence-electron chi connectivity index (χ4n) is 2.37. The highest BCUT2D eigenvalue weighted by atomic mass is 15.3. The largest absolute Gasteiger partial charge is 0.365 e. The first-order valence-corrected chi connectivity index (χ1v) is 7.16. The van der Waals surface area contributed by atoms with Gasteiger partial charge in [0.05, 0.1) is 5.69 Å². The maximum atomic E-state index is 5.56. The van der Waals surface area contributed by atoms with Gasteiger partial charge >= 0.3 is 0 Å². The summed E-state index contributed by atoms with van der Waals surface area (Å²) in [6.45, 7) is 4.66. The number of hydrogen-bond acceptors (Lipinski definition) is 6. The highest BCUT2D eigenvalue weighted by Gasteiger charge is 2.28. The minimum Gasteiger partial charge on any atom is -0.365 e. The van der Waals surface area contributed by atoms with Crippen molar-refractivity contribution in [2.45, 2.75) is 39.2 Å². The zero-order chi connectivity index (χ0) is 15.0. The van der Waals surface area contributed by atoms with Crippen molar-refractivity contribution in [2.24, 2.45) is 12.9 Å². The molecule has 1 fully saturated rings. The van der Waals surface area contributed by atoms with E-state index in [9.17, 15) is 0 Å². The van der Waals surface area contributed by atoms with Crippen LogP contribution < -0.4 is 16.6 Å². The van der Waals surface area contributed by atoms with Crippen LogP contribution in [0.2, 0.25) is 0 Å². The lowest BCUT2D eigenvalue weighted by Gasteiger charge is -2.13. The van der Waals surface area contributed by atoms with Crippen LogP contribution in [-0.2, 0) is 13.6 Å². The molecule has 1 aliphatic rings. The number of nitrogens with one attached hydrogen (secondary N) is 2. The number of aromatic nitrogens is 4.